The molecule has 0 aliphatic carbocycles. The zero-order chi connectivity index (χ0) is 12.6. The van der Waals surface area contributed by atoms with Gasteiger partial charge in [-0.05, 0) is 59.0 Å². The standard InChI is InChI=1S/C14H26N2O/c1-11(2)15-7-5-14(6-8-15)9-13(17)16(10-14)12(3)4/h11-12H,5-10H2,1-4H3. The van der Waals surface area contributed by atoms with E-state index in [-0.39, 0.29) is 0 Å². The normalized spacial score (nSPS) is 25.5. The van der Waals surface area contributed by atoms with Crippen molar-refractivity contribution in [2.24, 2.45) is 5.41 Å². The number of nitrogens with zero attached hydrogens (tertiary/aromatic N) is 2. The summed E-state index contributed by atoms with van der Waals surface area (Å²) in [6, 6.07) is 1.01. The number of carbonyl (C=O) groups excluding carboxylic acids is 1. The summed E-state index contributed by atoms with van der Waals surface area (Å²) in [4.78, 5) is 16.6. The largest absolute Gasteiger partial charge is 0.340 e. The molecule has 0 aromatic carbocycles. The lowest BCUT2D eigenvalue weighted by molar-refractivity contribution is -0.129. The van der Waals surface area contributed by atoms with E-state index in [1.54, 1.807) is 0 Å². The molecule has 0 N–H and O–H groups in total. The minimum atomic E-state index is 0.298. The molecule has 2 aliphatic heterocycles. The first-order valence-corrected chi connectivity index (χ1v) is 6.97. The Hall–Kier alpha value is -0.570. The molecule has 0 unspecified atom stereocenters. The van der Waals surface area contributed by atoms with Crippen LogP contribution in [0, 0.1) is 5.41 Å². The third-order valence-electron chi connectivity index (χ3n) is 4.56. The molecule has 2 fully saturated rings. The van der Waals surface area contributed by atoms with Gasteiger partial charge in [0, 0.05) is 25.0 Å². The number of carbonyl (C=O) groups is 1. The maximum absolute atomic E-state index is 12.0. The molecule has 0 saturated carbocycles. The van der Waals surface area contributed by atoms with Gasteiger partial charge in [0.25, 0.3) is 0 Å². The van der Waals surface area contributed by atoms with Gasteiger partial charge in [0.15, 0.2) is 0 Å². The molecule has 0 atom stereocenters. The Morgan fingerprint density at radius 2 is 1.65 bits per heavy atom. The van der Waals surface area contributed by atoms with Gasteiger partial charge in [-0.15, -0.1) is 0 Å². The van der Waals surface area contributed by atoms with Gasteiger partial charge in [-0.1, -0.05) is 0 Å². The van der Waals surface area contributed by atoms with Gasteiger partial charge in [-0.2, -0.15) is 0 Å². The van der Waals surface area contributed by atoms with E-state index >= 15 is 0 Å². The van der Waals surface area contributed by atoms with Gasteiger partial charge in [0.1, 0.15) is 0 Å². The number of piperidine rings is 1. The first-order valence-electron chi connectivity index (χ1n) is 6.97. The summed E-state index contributed by atoms with van der Waals surface area (Å²) in [5, 5.41) is 0. The molecule has 98 valence electrons. The minimum absolute atomic E-state index is 0.298. The molecule has 0 bridgehead atoms. The first kappa shape index (κ1) is 12.9. The first-order chi connectivity index (χ1) is 7.93. The van der Waals surface area contributed by atoms with Crippen LogP contribution in [0.3, 0.4) is 0 Å². The molecule has 3 heteroatoms. The fourth-order valence-corrected chi connectivity index (χ4v) is 3.25. The van der Waals surface area contributed by atoms with Crippen LogP contribution in [0.15, 0.2) is 0 Å². The Bertz CT molecular complexity index is 291. The number of rotatable bonds is 2. The SMILES string of the molecule is CC(C)N1CCC2(CC1)CC(=O)N(C(C)C)C2. The van der Waals surface area contributed by atoms with Crippen molar-refractivity contribution in [3.63, 3.8) is 0 Å². The fourth-order valence-electron chi connectivity index (χ4n) is 3.25. The van der Waals surface area contributed by atoms with E-state index in [4.69, 9.17) is 0 Å². The average Bonchev–Trinajstić information content (AvgIpc) is 2.56. The minimum Gasteiger partial charge on any atom is -0.340 e. The van der Waals surface area contributed by atoms with Gasteiger partial charge in [0.2, 0.25) is 5.91 Å². The monoisotopic (exact) mass is 238 g/mol. The highest BCUT2D eigenvalue weighted by molar-refractivity contribution is 5.79. The molecule has 1 spiro atoms. The predicted octanol–water partition coefficient (Wildman–Crippen LogP) is 2.12. The van der Waals surface area contributed by atoms with Gasteiger partial charge < -0.3 is 9.80 Å². The van der Waals surface area contributed by atoms with Crippen molar-refractivity contribution in [2.75, 3.05) is 19.6 Å². The second-order valence-corrected chi connectivity index (χ2v) is 6.42. The lowest BCUT2D eigenvalue weighted by Gasteiger charge is -2.40. The van der Waals surface area contributed by atoms with Gasteiger partial charge in [-0.25, -0.2) is 0 Å². The summed E-state index contributed by atoms with van der Waals surface area (Å²) in [6.45, 7) is 12.1. The van der Waals surface area contributed by atoms with E-state index in [0.717, 1.165) is 26.1 Å². The predicted molar refractivity (Wildman–Crippen MR) is 69.8 cm³/mol. The quantitative estimate of drug-likeness (QED) is 0.735. The van der Waals surface area contributed by atoms with Crippen LogP contribution in [0.2, 0.25) is 0 Å². The third kappa shape index (κ3) is 2.49. The highest BCUT2D eigenvalue weighted by atomic mass is 16.2. The smallest absolute Gasteiger partial charge is 0.223 e. The summed E-state index contributed by atoms with van der Waals surface area (Å²) in [5.41, 5.74) is 0.298. The van der Waals surface area contributed by atoms with Crippen LogP contribution in [-0.4, -0.2) is 47.4 Å². The molecule has 3 nitrogen and oxygen atoms in total. The number of hydrogen-bond acceptors (Lipinski definition) is 2. The fraction of sp³-hybridized carbons (Fsp3) is 0.929. The summed E-state index contributed by atoms with van der Waals surface area (Å²) < 4.78 is 0. The van der Waals surface area contributed by atoms with Crippen LogP contribution in [0.5, 0.6) is 0 Å². The molecule has 2 rings (SSSR count). The van der Waals surface area contributed by atoms with Crippen molar-refractivity contribution in [1.82, 2.24) is 9.80 Å². The van der Waals surface area contributed by atoms with E-state index < -0.39 is 0 Å². The Morgan fingerprint density at radius 1 is 1.06 bits per heavy atom. The van der Waals surface area contributed by atoms with Crippen molar-refractivity contribution in [2.45, 2.75) is 59.0 Å². The Labute approximate surface area is 105 Å². The number of hydrogen-bond donors (Lipinski definition) is 0. The van der Waals surface area contributed by atoms with Gasteiger partial charge in [-0.3, -0.25) is 4.79 Å². The molecule has 0 radical (unpaired) electrons. The number of likely N-dealkylation sites (tertiary alicyclic amines) is 2. The van der Waals surface area contributed by atoms with Gasteiger partial charge >= 0.3 is 0 Å². The zero-order valence-electron chi connectivity index (χ0n) is 11.7. The highest BCUT2D eigenvalue weighted by Crippen LogP contribution is 2.41. The second-order valence-electron chi connectivity index (χ2n) is 6.42. The number of amides is 1. The molecule has 17 heavy (non-hydrogen) atoms. The van der Waals surface area contributed by atoms with Crippen LogP contribution in [0.25, 0.3) is 0 Å². The van der Waals surface area contributed by atoms with E-state index in [1.807, 2.05) is 0 Å². The van der Waals surface area contributed by atoms with Crippen LogP contribution in [0.1, 0.15) is 47.0 Å². The third-order valence-corrected chi connectivity index (χ3v) is 4.56. The molecule has 1 amide bonds. The Kier molecular flexibility index (Phi) is 3.48. The summed E-state index contributed by atoms with van der Waals surface area (Å²) in [7, 11) is 0. The van der Waals surface area contributed by atoms with E-state index in [1.165, 1.54) is 12.8 Å². The highest BCUT2D eigenvalue weighted by Gasteiger charge is 2.45. The molecule has 0 aromatic heterocycles. The molecule has 2 aliphatic rings. The molecule has 2 heterocycles. The maximum Gasteiger partial charge on any atom is 0.223 e. The van der Waals surface area contributed by atoms with Gasteiger partial charge in [0.05, 0.1) is 0 Å². The van der Waals surface area contributed by atoms with Crippen molar-refractivity contribution in [3.05, 3.63) is 0 Å². The molecular weight excluding hydrogens is 212 g/mol. The van der Waals surface area contributed by atoms with E-state index in [2.05, 4.69) is 37.5 Å². The lowest BCUT2D eigenvalue weighted by atomic mass is 9.77. The zero-order valence-corrected chi connectivity index (χ0v) is 11.7. The Balaban J connectivity index is 1.98. The summed E-state index contributed by atoms with van der Waals surface area (Å²) in [5.74, 6) is 0.373. The van der Waals surface area contributed by atoms with Crippen molar-refractivity contribution in [1.29, 1.82) is 0 Å². The molecule has 2 saturated heterocycles. The van der Waals surface area contributed by atoms with Crippen molar-refractivity contribution < 1.29 is 4.79 Å². The average molecular weight is 238 g/mol. The topological polar surface area (TPSA) is 23.6 Å². The van der Waals surface area contributed by atoms with Crippen LogP contribution in [-0.2, 0) is 4.79 Å². The Morgan fingerprint density at radius 3 is 2.06 bits per heavy atom. The molecular formula is C14H26N2O. The van der Waals surface area contributed by atoms with Crippen molar-refractivity contribution in [3.8, 4) is 0 Å². The molecule has 0 aromatic rings. The van der Waals surface area contributed by atoms with E-state index in [0.29, 0.717) is 23.4 Å². The second kappa shape index (κ2) is 4.60. The van der Waals surface area contributed by atoms with E-state index in [9.17, 15) is 4.79 Å². The lowest BCUT2D eigenvalue weighted by Crippen LogP contribution is -2.44. The van der Waals surface area contributed by atoms with Crippen molar-refractivity contribution >= 4 is 5.91 Å². The van der Waals surface area contributed by atoms with Crippen LogP contribution >= 0.6 is 0 Å². The van der Waals surface area contributed by atoms with Crippen LogP contribution < -0.4 is 0 Å². The summed E-state index contributed by atoms with van der Waals surface area (Å²) >= 11 is 0. The maximum atomic E-state index is 12.0. The summed E-state index contributed by atoms with van der Waals surface area (Å²) in [6.07, 6.45) is 3.18. The van der Waals surface area contributed by atoms with Crippen LogP contribution in [0.4, 0.5) is 0 Å².